The van der Waals surface area contributed by atoms with E-state index in [1.807, 2.05) is 0 Å². The first kappa shape index (κ1) is 16.0. The number of nitrogens with one attached hydrogen (secondary N) is 1. The minimum absolute atomic E-state index is 0.251. The molecule has 0 fully saturated rings. The third-order valence-electron chi connectivity index (χ3n) is 3.41. The third-order valence-corrected chi connectivity index (χ3v) is 3.41. The fourth-order valence-corrected chi connectivity index (χ4v) is 2.47. The Morgan fingerprint density at radius 2 is 1.84 bits per heavy atom. The molecule has 0 aliphatic heterocycles. The van der Waals surface area contributed by atoms with Crippen LogP contribution in [0.4, 0.5) is 13.2 Å². The molecule has 19 heavy (non-hydrogen) atoms. The molecule has 0 aliphatic rings. The van der Waals surface area contributed by atoms with E-state index in [1.165, 1.54) is 6.07 Å². The van der Waals surface area contributed by atoms with Gasteiger partial charge < -0.3 is 5.32 Å². The van der Waals surface area contributed by atoms with E-state index in [0.717, 1.165) is 25.3 Å². The van der Waals surface area contributed by atoms with E-state index in [1.54, 1.807) is 19.2 Å². The van der Waals surface area contributed by atoms with Gasteiger partial charge in [-0.25, -0.2) is 0 Å². The summed E-state index contributed by atoms with van der Waals surface area (Å²) in [5.41, 5.74) is -0.182. The number of benzene rings is 1. The number of rotatable bonds is 6. The highest BCUT2D eigenvalue weighted by Crippen LogP contribution is 2.36. The predicted octanol–water partition coefficient (Wildman–Crippen LogP) is 4.79. The first-order valence-corrected chi connectivity index (χ1v) is 6.73. The molecule has 1 rings (SSSR count). The van der Waals surface area contributed by atoms with E-state index in [2.05, 4.69) is 19.2 Å². The van der Waals surface area contributed by atoms with Crippen LogP contribution in [0.15, 0.2) is 24.3 Å². The summed E-state index contributed by atoms with van der Waals surface area (Å²) < 4.78 is 39.0. The lowest BCUT2D eigenvalue weighted by molar-refractivity contribution is -0.138. The van der Waals surface area contributed by atoms with Gasteiger partial charge in [0.15, 0.2) is 0 Å². The molecule has 1 nitrogen and oxygen atoms in total. The monoisotopic (exact) mass is 273 g/mol. The zero-order valence-corrected chi connectivity index (χ0v) is 11.7. The topological polar surface area (TPSA) is 12.0 Å². The molecular formula is C15H22F3N. The average molecular weight is 273 g/mol. The van der Waals surface area contributed by atoms with E-state index in [4.69, 9.17) is 0 Å². The summed E-state index contributed by atoms with van der Waals surface area (Å²) >= 11 is 0. The highest BCUT2D eigenvalue weighted by molar-refractivity contribution is 5.32. The molecule has 1 N–H and O–H groups in total. The van der Waals surface area contributed by atoms with E-state index in [-0.39, 0.29) is 6.04 Å². The molecule has 1 aromatic rings. The first-order chi connectivity index (χ1) is 8.90. The predicted molar refractivity (Wildman–Crippen MR) is 71.9 cm³/mol. The van der Waals surface area contributed by atoms with Crippen molar-refractivity contribution in [3.8, 4) is 0 Å². The van der Waals surface area contributed by atoms with E-state index in [0.29, 0.717) is 11.5 Å². The molecule has 1 aromatic carbocycles. The molecule has 0 spiro atoms. The van der Waals surface area contributed by atoms with Gasteiger partial charge in [-0.3, -0.25) is 0 Å². The molecule has 0 saturated carbocycles. The number of hydrogen-bond acceptors (Lipinski definition) is 1. The van der Waals surface area contributed by atoms with E-state index < -0.39 is 11.7 Å². The Labute approximate surface area is 113 Å². The van der Waals surface area contributed by atoms with Crippen molar-refractivity contribution in [2.75, 3.05) is 7.05 Å². The molecule has 0 saturated heterocycles. The Morgan fingerprint density at radius 1 is 1.21 bits per heavy atom. The van der Waals surface area contributed by atoms with Crippen LogP contribution in [-0.4, -0.2) is 7.05 Å². The SMILES string of the molecule is CCCC(C)CC(NC)c1ccccc1C(F)(F)F. The van der Waals surface area contributed by atoms with Gasteiger partial charge in [0.1, 0.15) is 0 Å². The first-order valence-electron chi connectivity index (χ1n) is 6.73. The molecule has 0 amide bonds. The summed E-state index contributed by atoms with van der Waals surface area (Å²) in [6, 6.07) is 5.58. The molecular weight excluding hydrogens is 251 g/mol. The van der Waals surface area contributed by atoms with Gasteiger partial charge >= 0.3 is 6.18 Å². The zero-order valence-electron chi connectivity index (χ0n) is 11.7. The zero-order chi connectivity index (χ0) is 14.5. The van der Waals surface area contributed by atoms with Crippen LogP contribution in [0.5, 0.6) is 0 Å². The fourth-order valence-electron chi connectivity index (χ4n) is 2.47. The summed E-state index contributed by atoms with van der Waals surface area (Å²) in [6.45, 7) is 4.18. The second-order valence-corrected chi connectivity index (χ2v) is 5.06. The van der Waals surface area contributed by atoms with Crippen molar-refractivity contribution in [2.24, 2.45) is 5.92 Å². The molecule has 0 aliphatic carbocycles. The van der Waals surface area contributed by atoms with Crippen LogP contribution in [0.1, 0.15) is 50.3 Å². The summed E-state index contributed by atoms with van der Waals surface area (Å²) in [6.07, 6.45) is -1.48. The summed E-state index contributed by atoms with van der Waals surface area (Å²) in [5.74, 6) is 0.406. The van der Waals surface area contributed by atoms with Crippen molar-refractivity contribution in [1.82, 2.24) is 5.32 Å². The van der Waals surface area contributed by atoms with E-state index >= 15 is 0 Å². The molecule has 0 bridgehead atoms. The van der Waals surface area contributed by atoms with Gasteiger partial charge in [0.05, 0.1) is 5.56 Å². The van der Waals surface area contributed by atoms with Gasteiger partial charge in [-0.1, -0.05) is 44.9 Å². The highest BCUT2D eigenvalue weighted by atomic mass is 19.4. The lowest BCUT2D eigenvalue weighted by Gasteiger charge is -2.24. The number of alkyl halides is 3. The maximum atomic E-state index is 13.0. The smallest absolute Gasteiger partial charge is 0.313 e. The lowest BCUT2D eigenvalue weighted by atomic mass is 9.90. The van der Waals surface area contributed by atoms with Crippen molar-refractivity contribution in [3.63, 3.8) is 0 Å². The van der Waals surface area contributed by atoms with Gasteiger partial charge in [-0.15, -0.1) is 0 Å². The molecule has 0 radical (unpaired) electrons. The van der Waals surface area contributed by atoms with Crippen LogP contribution in [-0.2, 0) is 6.18 Å². The molecule has 2 atom stereocenters. The van der Waals surface area contributed by atoms with Crippen LogP contribution < -0.4 is 5.32 Å². The van der Waals surface area contributed by atoms with Crippen molar-refractivity contribution in [3.05, 3.63) is 35.4 Å². The van der Waals surface area contributed by atoms with Gasteiger partial charge in [0.25, 0.3) is 0 Å². The van der Waals surface area contributed by atoms with Gasteiger partial charge in [0.2, 0.25) is 0 Å². The second kappa shape index (κ2) is 6.94. The van der Waals surface area contributed by atoms with Crippen molar-refractivity contribution in [2.45, 2.75) is 45.3 Å². The standard InChI is InChI=1S/C15H22F3N/c1-4-7-11(2)10-14(19-3)12-8-5-6-9-13(12)15(16,17)18/h5-6,8-9,11,14,19H,4,7,10H2,1-3H3. The molecule has 0 aromatic heterocycles. The molecule has 108 valence electrons. The third kappa shape index (κ3) is 4.53. The molecule has 4 heteroatoms. The van der Waals surface area contributed by atoms with Crippen molar-refractivity contribution < 1.29 is 13.2 Å². The summed E-state index contributed by atoms with van der Waals surface area (Å²) in [4.78, 5) is 0. The largest absolute Gasteiger partial charge is 0.416 e. The van der Waals surface area contributed by atoms with Crippen LogP contribution in [0.25, 0.3) is 0 Å². The Kier molecular flexibility index (Phi) is 5.85. The highest BCUT2D eigenvalue weighted by Gasteiger charge is 2.34. The van der Waals surface area contributed by atoms with E-state index in [9.17, 15) is 13.2 Å². The Hall–Kier alpha value is -1.03. The molecule has 0 heterocycles. The second-order valence-electron chi connectivity index (χ2n) is 5.06. The Morgan fingerprint density at radius 3 is 2.37 bits per heavy atom. The summed E-state index contributed by atoms with van der Waals surface area (Å²) in [7, 11) is 1.72. The lowest BCUT2D eigenvalue weighted by Crippen LogP contribution is -2.22. The molecule has 2 unspecified atom stereocenters. The Balaban J connectivity index is 2.98. The van der Waals surface area contributed by atoms with Crippen molar-refractivity contribution >= 4 is 0 Å². The minimum Gasteiger partial charge on any atom is -0.313 e. The maximum Gasteiger partial charge on any atom is 0.416 e. The normalized spacial score (nSPS) is 15.3. The quantitative estimate of drug-likeness (QED) is 0.785. The fraction of sp³-hybridized carbons (Fsp3) is 0.600. The van der Waals surface area contributed by atoms with Crippen LogP contribution in [0.2, 0.25) is 0 Å². The Bertz CT molecular complexity index is 387. The van der Waals surface area contributed by atoms with Crippen LogP contribution in [0, 0.1) is 5.92 Å². The van der Waals surface area contributed by atoms with Gasteiger partial charge in [-0.05, 0) is 31.0 Å². The summed E-state index contributed by atoms with van der Waals surface area (Å²) in [5, 5.41) is 3.02. The average Bonchev–Trinajstić information content (AvgIpc) is 2.35. The van der Waals surface area contributed by atoms with Crippen LogP contribution >= 0.6 is 0 Å². The van der Waals surface area contributed by atoms with Gasteiger partial charge in [-0.2, -0.15) is 13.2 Å². The maximum absolute atomic E-state index is 13.0. The number of halogens is 3. The minimum atomic E-state index is -4.29. The van der Waals surface area contributed by atoms with Crippen molar-refractivity contribution in [1.29, 1.82) is 0 Å². The number of hydrogen-bond donors (Lipinski definition) is 1. The van der Waals surface area contributed by atoms with Gasteiger partial charge in [0, 0.05) is 6.04 Å². The van der Waals surface area contributed by atoms with Crippen LogP contribution in [0.3, 0.4) is 0 Å².